The van der Waals surface area contributed by atoms with Gasteiger partial charge in [0.15, 0.2) is 0 Å². The van der Waals surface area contributed by atoms with Gasteiger partial charge in [0.25, 0.3) is 5.91 Å². The number of phenolic OH excluding ortho intramolecular Hbond substituents is 1. The van der Waals surface area contributed by atoms with Crippen molar-refractivity contribution in [2.75, 3.05) is 26.7 Å². The Morgan fingerprint density at radius 2 is 1.71 bits per heavy atom. The average Bonchev–Trinajstić information content (AvgIpc) is 2.73. The van der Waals surface area contributed by atoms with E-state index in [0.717, 1.165) is 16.4 Å². The fourth-order valence-electron chi connectivity index (χ4n) is 2.72. The fourth-order valence-corrected chi connectivity index (χ4v) is 3.93. The van der Waals surface area contributed by atoms with Gasteiger partial charge in [-0.05, 0) is 55.3 Å². The summed E-state index contributed by atoms with van der Waals surface area (Å²) in [7, 11) is -2.32. The monoisotopic (exact) mass is 451 g/mol. The minimum absolute atomic E-state index is 0.00591. The van der Waals surface area contributed by atoms with Gasteiger partial charge in [0.2, 0.25) is 15.9 Å². The lowest BCUT2D eigenvalue weighted by Gasteiger charge is -2.17. The lowest BCUT2D eigenvalue weighted by molar-refractivity contribution is -0.121. The molecule has 2 aromatic rings. The van der Waals surface area contributed by atoms with E-state index in [1.54, 1.807) is 12.1 Å². The standard InChI is InChI=1S/C21H26FN3O5S/c1-25(31(29,30)19-10-8-17(22)9-11-19)14-3-7-20(27)23-12-4-13-24-21(28)16-5-2-6-18(26)15-16/h2,5-6,8-11,15,26H,3-4,7,12-14H2,1H3,(H,23,27)(H,24,28). The smallest absolute Gasteiger partial charge is 0.251 e. The number of halogens is 1. The molecular weight excluding hydrogens is 425 g/mol. The summed E-state index contributed by atoms with van der Waals surface area (Å²) in [6, 6.07) is 10.6. The van der Waals surface area contributed by atoms with Crippen LogP contribution in [0, 0.1) is 5.82 Å². The van der Waals surface area contributed by atoms with Crippen molar-refractivity contribution in [2.45, 2.75) is 24.2 Å². The van der Waals surface area contributed by atoms with E-state index in [4.69, 9.17) is 0 Å². The zero-order valence-corrected chi connectivity index (χ0v) is 18.0. The van der Waals surface area contributed by atoms with Gasteiger partial charge in [0.05, 0.1) is 4.90 Å². The van der Waals surface area contributed by atoms with Crippen molar-refractivity contribution in [3.63, 3.8) is 0 Å². The zero-order valence-electron chi connectivity index (χ0n) is 17.2. The van der Waals surface area contributed by atoms with Gasteiger partial charge >= 0.3 is 0 Å². The summed E-state index contributed by atoms with van der Waals surface area (Å²) in [5.74, 6) is -1.03. The number of hydrogen-bond acceptors (Lipinski definition) is 5. The molecule has 2 amide bonds. The van der Waals surface area contributed by atoms with Gasteiger partial charge in [-0.1, -0.05) is 6.07 Å². The molecule has 0 radical (unpaired) electrons. The number of rotatable bonds is 11. The number of nitrogens with one attached hydrogen (secondary N) is 2. The number of carbonyl (C=O) groups is 2. The highest BCUT2D eigenvalue weighted by molar-refractivity contribution is 7.89. The molecular formula is C21H26FN3O5S. The summed E-state index contributed by atoms with van der Waals surface area (Å²) >= 11 is 0. The largest absolute Gasteiger partial charge is 0.508 e. The van der Waals surface area contributed by atoms with Crippen LogP contribution in [0.25, 0.3) is 0 Å². The number of benzene rings is 2. The predicted octanol–water partition coefficient (Wildman–Crippen LogP) is 1.87. The molecule has 0 aliphatic rings. The molecule has 0 fully saturated rings. The van der Waals surface area contributed by atoms with E-state index in [0.29, 0.717) is 31.5 Å². The number of carbonyl (C=O) groups excluding carboxylic acids is 2. The second kappa shape index (κ2) is 11.4. The van der Waals surface area contributed by atoms with Gasteiger partial charge in [-0.15, -0.1) is 0 Å². The van der Waals surface area contributed by atoms with Gasteiger partial charge in [-0.2, -0.15) is 0 Å². The molecule has 0 atom stereocenters. The predicted molar refractivity (Wildman–Crippen MR) is 114 cm³/mol. The van der Waals surface area contributed by atoms with Crippen molar-refractivity contribution in [2.24, 2.45) is 0 Å². The zero-order chi connectivity index (χ0) is 22.9. The molecule has 0 aromatic heterocycles. The summed E-state index contributed by atoms with van der Waals surface area (Å²) in [5.41, 5.74) is 0.351. The maximum Gasteiger partial charge on any atom is 0.251 e. The number of sulfonamides is 1. The molecule has 0 saturated heterocycles. The molecule has 8 nitrogen and oxygen atoms in total. The minimum atomic E-state index is -3.73. The van der Waals surface area contributed by atoms with Crippen LogP contribution in [0.5, 0.6) is 5.75 Å². The Hall–Kier alpha value is -2.98. The molecule has 0 spiro atoms. The highest BCUT2D eigenvalue weighted by atomic mass is 32.2. The minimum Gasteiger partial charge on any atom is -0.508 e. The molecule has 0 unspecified atom stereocenters. The highest BCUT2D eigenvalue weighted by Crippen LogP contribution is 2.15. The van der Waals surface area contributed by atoms with E-state index in [9.17, 15) is 27.5 Å². The maximum atomic E-state index is 13.0. The molecule has 168 valence electrons. The summed E-state index contributed by atoms with van der Waals surface area (Å²) in [6.07, 6.45) is 1.01. The molecule has 3 N–H and O–H groups in total. The highest BCUT2D eigenvalue weighted by Gasteiger charge is 2.20. The van der Waals surface area contributed by atoms with Gasteiger partial charge in [-0.25, -0.2) is 17.1 Å². The third-order valence-corrected chi connectivity index (χ3v) is 6.34. The first-order valence-electron chi connectivity index (χ1n) is 9.76. The first-order valence-corrected chi connectivity index (χ1v) is 11.2. The Morgan fingerprint density at radius 3 is 2.39 bits per heavy atom. The molecule has 0 aliphatic heterocycles. The number of amides is 2. The van der Waals surface area contributed by atoms with Crippen LogP contribution in [-0.2, 0) is 14.8 Å². The Bertz CT molecular complexity index is 996. The van der Waals surface area contributed by atoms with Crippen LogP contribution >= 0.6 is 0 Å². The fraction of sp³-hybridized carbons (Fsp3) is 0.333. The maximum absolute atomic E-state index is 13.0. The topological polar surface area (TPSA) is 116 Å². The third-order valence-electron chi connectivity index (χ3n) is 4.47. The van der Waals surface area contributed by atoms with E-state index in [1.165, 1.54) is 31.3 Å². The second-order valence-electron chi connectivity index (χ2n) is 6.89. The van der Waals surface area contributed by atoms with E-state index in [2.05, 4.69) is 10.6 Å². The van der Waals surface area contributed by atoms with Crippen molar-refractivity contribution < 1.29 is 27.5 Å². The van der Waals surface area contributed by atoms with Crippen molar-refractivity contribution >= 4 is 21.8 Å². The van der Waals surface area contributed by atoms with Gasteiger partial charge < -0.3 is 15.7 Å². The molecule has 31 heavy (non-hydrogen) atoms. The normalized spacial score (nSPS) is 11.3. The van der Waals surface area contributed by atoms with Crippen molar-refractivity contribution in [1.82, 2.24) is 14.9 Å². The van der Waals surface area contributed by atoms with Gasteiger partial charge in [0.1, 0.15) is 11.6 Å². The molecule has 0 heterocycles. The van der Waals surface area contributed by atoms with Crippen LogP contribution in [0.2, 0.25) is 0 Å². The Kier molecular flexibility index (Phi) is 8.95. The summed E-state index contributed by atoms with van der Waals surface area (Å²) in [4.78, 5) is 23.8. The van der Waals surface area contributed by atoms with Gasteiger partial charge in [0, 0.05) is 38.7 Å². The summed E-state index contributed by atoms with van der Waals surface area (Å²) < 4.78 is 38.9. The second-order valence-corrected chi connectivity index (χ2v) is 8.94. The van der Waals surface area contributed by atoms with Crippen LogP contribution in [0.15, 0.2) is 53.4 Å². The quantitative estimate of drug-likeness (QED) is 0.451. The van der Waals surface area contributed by atoms with Crippen molar-refractivity contribution in [3.05, 3.63) is 59.9 Å². The number of phenols is 1. The van der Waals surface area contributed by atoms with E-state index in [-0.39, 0.29) is 35.4 Å². The molecule has 2 rings (SSSR count). The first kappa shape index (κ1) is 24.3. The lowest BCUT2D eigenvalue weighted by atomic mass is 10.2. The first-order chi connectivity index (χ1) is 14.7. The van der Waals surface area contributed by atoms with Crippen LogP contribution in [0.3, 0.4) is 0 Å². The molecule has 10 heteroatoms. The third kappa shape index (κ3) is 7.65. The number of hydrogen-bond donors (Lipinski definition) is 3. The molecule has 2 aromatic carbocycles. The Morgan fingerprint density at radius 1 is 1.03 bits per heavy atom. The van der Waals surface area contributed by atoms with Crippen LogP contribution in [0.4, 0.5) is 4.39 Å². The summed E-state index contributed by atoms with van der Waals surface area (Å²) in [5, 5.41) is 14.8. The summed E-state index contributed by atoms with van der Waals surface area (Å²) in [6.45, 7) is 0.864. The molecule has 0 bridgehead atoms. The SMILES string of the molecule is CN(CCCC(=O)NCCCNC(=O)c1cccc(O)c1)S(=O)(=O)c1ccc(F)cc1. The van der Waals surface area contributed by atoms with E-state index < -0.39 is 15.8 Å². The van der Waals surface area contributed by atoms with Crippen molar-refractivity contribution in [1.29, 1.82) is 0 Å². The number of aromatic hydroxyl groups is 1. The van der Waals surface area contributed by atoms with Crippen LogP contribution in [0.1, 0.15) is 29.6 Å². The molecule has 0 saturated carbocycles. The van der Waals surface area contributed by atoms with E-state index in [1.807, 2.05) is 0 Å². The van der Waals surface area contributed by atoms with Gasteiger partial charge in [-0.3, -0.25) is 9.59 Å². The number of nitrogens with zero attached hydrogens (tertiary/aromatic N) is 1. The molecule has 0 aliphatic carbocycles. The van der Waals surface area contributed by atoms with E-state index >= 15 is 0 Å². The Labute approximate surface area is 181 Å². The average molecular weight is 452 g/mol. The Balaban J connectivity index is 1.62. The lowest BCUT2D eigenvalue weighted by Crippen LogP contribution is -2.31. The van der Waals surface area contributed by atoms with Crippen LogP contribution < -0.4 is 10.6 Å². The van der Waals surface area contributed by atoms with Crippen LogP contribution in [-0.4, -0.2) is 56.3 Å². The van der Waals surface area contributed by atoms with Crippen molar-refractivity contribution in [3.8, 4) is 5.75 Å².